The molecule has 0 radical (unpaired) electrons. The number of carbonyl (C=O) groups excluding carboxylic acids is 3. The van der Waals surface area contributed by atoms with Gasteiger partial charge < -0.3 is 59.9 Å². The minimum absolute atomic E-state index is 0. The first-order valence-electron chi connectivity index (χ1n) is 8.34. The molecule has 13 nitrogen and oxygen atoms in total. The molecule has 0 aliphatic carbocycles. The average molecular weight is 521 g/mol. The molecule has 0 spiro atoms. The van der Waals surface area contributed by atoms with Crippen LogP contribution < -0.4 is 113 Å². The van der Waals surface area contributed by atoms with Gasteiger partial charge in [-0.05, 0) is 0 Å². The smallest absolute Gasteiger partial charge is 0.550 e. The Hall–Kier alpha value is 1.14. The summed E-state index contributed by atoms with van der Waals surface area (Å²) in [6.45, 7) is 0.152. The Morgan fingerprint density at radius 3 is 1.16 bits per heavy atom. The van der Waals surface area contributed by atoms with Gasteiger partial charge in [-0.2, -0.15) is 0 Å². The van der Waals surface area contributed by atoms with E-state index in [4.69, 9.17) is 35.4 Å². The molecule has 0 rings (SSSR count). The molecule has 0 unspecified atom stereocenters. The summed E-state index contributed by atoms with van der Waals surface area (Å²) in [5, 5.41) is 72.7. The van der Waals surface area contributed by atoms with Crippen molar-refractivity contribution < 1.29 is 167 Å². The molecule has 32 heavy (non-hydrogen) atoms. The van der Waals surface area contributed by atoms with Crippen LogP contribution in [0.15, 0.2) is 12.7 Å². The van der Waals surface area contributed by atoms with E-state index >= 15 is 0 Å². The Balaban J connectivity index is -0.000000135. The summed E-state index contributed by atoms with van der Waals surface area (Å²) in [6.07, 6.45) is 0.0833. The van der Waals surface area contributed by atoms with Crippen molar-refractivity contribution in [1.82, 2.24) is 0 Å². The second kappa shape index (κ2) is 26.7. The van der Waals surface area contributed by atoms with Crippen LogP contribution in [-0.2, 0) is 23.9 Å². The molecular formula is C17H30K2O13. The van der Waals surface area contributed by atoms with Gasteiger partial charge in [-0.25, -0.2) is 4.79 Å². The van der Waals surface area contributed by atoms with E-state index in [-0.39, 0.29) is 116 Å². The van der Waals surface area contributed by atoms with Crippen LogP contribution in [0.2, 0.25) is 0 Å². The molecule has 0 aromatic carbocycles. The maximum absolute atomic E-state index is 9.84. The maximum atomic E-state index is 9.84. The Morgan fingerprint density at radius 2 is 1.06 bits per heavy atom. The number of hydrogen-bond donors (Lipinski definition) is 6. The third-order valence-electron chi connectivity index (χ3n) is 3.49. The van der Waals surface area contributed by atoms with E-state index in [0.29, 0.717) is 0 Å². The normalized spacial score (nSPS) is 9.97. The van der Waals surface area contributed by atoms with E-state index in [1.165, 1.54) is 7.11 Å². The van der Waals surface area contributed by atoms with Gasteiger partial charge in [0.15, 0.2) is 0 Å². The van der Waals surface area contributed by atoms with Crippen LogP contribution in [0.5, 0.6) is 0 Å². The van der Waals surface area contributed by atoms with E-state index in [0.717, 1.165) is 6.08 Å². The zero-order valence-corrected chi connectivity index (χ0v) is 24.9. The zero-order valence-electron chi connectivity index (χ0n) is 18.7. The maximum Gasteiger partial charge on any atom is 1.00 e. The quantitative estimate of drug-likeness (QED) is 0.0573. The van der Waals surface area contributed by atoms with Gasteiger partial charge in [-0.1, -0.05) is 6.58 Å². The van der Waals surface area contributed by atoms with Gasteiger partial charge in [0.05, 0.1) is 70.8 Å². The number of aliphatic carboxylic acids is 2. The number of aliphatic hydroxyl groups excluding tert-OH is 6. The minimum Gasteiger partial charge on any atom is -0.550 e. The van der Waals surface area contributed by atoms with E-state index in [1.807, 2.05) is 0 Å². The van der Waals surface area contributed by atoms with Gasteiger partial charge >= 0.3 is 109 Å². The molecule has 0 saturated carbocycles. The first kappa shape index (κ1) is 43.2. The molecule has 0 aromatic rings. The topological polar surface area (TPSA) is 237 Å². The largest absolute Gasteiger partial charge is 1.00 e. The third-order valence-corrected chi connectivity index (χ3v) is 3.49. The van der Waals surface area contributed by atoms with Gasteiger partial charge in [0.2, 0.25) is 0 Å². The van der Waals surface area contributed by atoms with Gasteiger partial charge in [0, 0.05) is 24.4 Å². The predicted molar refractivity (Wildman–Crippen MR) is 95.0 cm³/mol. The van der Waals surface area contributed by atoms with Gasteiger partial charge in [-0.3, -0.25) is 0 Å². The molecule has 0 aliphatic heterocycles. The monoisotopic (exact) mass is 520 g/mol. The SMILES string of the molecule is C=CC(=O)OC.O=C([O-])CC(=O)[O-].OCC(CO)(CO)COCC(CO)(CO)CO.[K+].[K+]. The third kappa shape index (κ3) is 22.9. The van der Waals surface area contributed by atoms with Crippen molar-refractivity contribution in [3.05, 3.63) is 12.7 Å². The average Bonchev–Trinajstić information content (AvgIpc) is 2.74. The van der Waals surface area contributed by atoms with E-state index < -0.39 is 74.8 Å². The number of ether oxygens (including phenoxy) is 2. The number of esters is 1. The number of hydrogen-bond acceptors (Lipinski definition) is 13. The summed E-state index contributed by atoms with van der Waals surface area (Å²) >= 11 is 0. The van der Waals surface area contributed by atoms with Crippen LogP contribution in [0.1, 0.15) is 6.42 Å². The van der Waals surface area contributed by atoms with Crippen molar-refractivity contribution in [3.63, 3.8) is 0 Å². The Labute approximate surface area is 271 Å². The van der Waals surface area contributed by atoms with Crippen molar-refractivity contribution in [2.75, 3.05) is 60.0 Å². The molecule has 0 heterocycles. The Kier molecular flexibility index (Phi) is 36.1. The van der Waals surface area contributed by atoms with Crippen LogP contribution in [-0.4, -0.2) is 109 Å². The van der Waals surface area contributed by atoms with Crippen molar-refractivity contribution in [3.8, 4) is 0 Å². The summed E-state index contributed by atoms with van der Waals surface area (Å²) < 4.78 is 9.29. The summed E-state index contributed by atoms with van der Waals surface area (Å²) in [7, 11) is 1.31. The fourth-order valence-corrected chi connectivity index (χ4v) is 1.26. The van der Waals surface area contributed by atoms with Gasteiger partial charge in [-0.15, -0.1) is 0 Å². The molecule has 0 saturated heterocycles. The standard InChI is InChI=1S/C10H22O7.C4H6O2.C3H4O4.2K/c11-1-9(2-12,3-13)7-17-8-10(4-14,5-15)6-16;1-3-4(5)6-2;4-2(5)1-3(6)7;;/h11-16H,1-8H2;3H,1H2,2H3;1H2,(H,4,5)(H,6,7);;/q;;;2*+1/p-2. The van der Waals surface area contributed by atoms with Crippen LogP contribution in [0.4, 0.5) is 0 Å². The summed E-state index contributed by atoms with van der Waals surface area (Å²) in [5.41, 5.74) is -2.32. The van der Waals surface area contributed by atoms with Crippen LogP contribution in [0, 0.1) is 10.8 Å². The minimum atomic E-state index is -1.63. The fourth-order valence-electron chi connectivity index (χ4n) is 1.26. The summed E-state index contributed by atoms with van der Waals surface area (Å²) in [5.74, 6) is -3.64. The van der Waals surface area contributed by atoms with E-state index in [9.17, 15) is 24.6 Å². The number of carboxylic acids is 2. The molecule has 0 bridgehead atoms. The molecule has 15 heteroatoms. The van der Waals surface area contributed by atoms with Crippen LogP contribution in [0.25, 0.3) is 0 Å². The van der Waals surface area contributed by atoms with Gasteiger partial charge in [0.1, 0.15) is 0 Å². The predicted octanol–water partition coefficient (Wildman–Crippen LogP) is -11.8. The molecular weight excluding hydrogens is 490 g/mol. The number of carboxylic acid groups (broad SMARTS) is 2. The second-order valence-corrected chi connectivity index (χ2v) is 6.09. The summed E-state index contributed by atoms with van der Waals surface area (Å²) in [6, 6.07) is 0. The van der Waals surface area contributed by atoms with Crippen LogP contribution >= 0.6 is 0 Å². The van der Waals surface area contributed by atoms with E-state index in [1.54, 1.807) is 0 Å². The summed E-state index contributed by atoms with van der Waals surface area (Å²) in [4.78, 5) is 28.4. The molecule has 6 N–H and O–H groups in total. The Bertz CT molecular complexity index is 446. The number of carbonyl (C=O) groups is 3. The molecule has 0 fully saturated rings. The molecule has 178 valence electrons. The molecule has 0 amide bonds. The second-order valence-electron chi connectivity index (χ2n) is 6.09. The Morgan fingerprint density at radius 1 is 0.781 bits per heavy atom. The van der Waals surface area contributed by atoms with Crippen molar-refractivity contribution in [2.24, 2.45) is 10.8 Å². The van der Waals surface area contributed by atoms with Gasteiger partial charge in [0.25, 0.3) is 0 Å². The zero-order chi connectivity index (χ0) is 24.2. The number of methoxy groups -OCH3 is 1. The van der Waals surface area contributed by atoms with Crippen molar-refractivity contribution in [1.29, 1.82) is 0 Å². The van der Waals surface area contributed by atoms with Crippen molar-refractivity contribution >= 4 is 17.9 Å². The number of rotatable bonds is 13. The molecule has 0 aliphatic rings. The fraction of sp³-hybridized carbons (Fsp3) is 0.706. The van der Waals surface area contributed by atoms with E-state index in [2.05, 4.69) is 11.3 Å². The first-order valence-corrected chi connectivity index (χ1v) is 8.34. The molecule has 0 atom stereocenters. The number of aliphatic hydroxyl groups is 6. The van der Waals surface area contributed by atoms with Crippen LogP contribution in [0.3, 0.4) is 0 Å². The van der Waals surface area contributed by atoms with Crippen molar-refractivity contribution in [2.45, 2.75) is 6.42 Å². The molecule has 0 aromatic heterocycles. The first-order chi connectivity index (χ1) is 14.0.